The van der Waals surface area contributed by atoms with Crippen molar-refractivity contribution in [3.8, 4) is 0 Å². The first-order valence-electron chi connectivity index (χ1n) is 10.8. The number of aromatic nitrogens is 1. The Bertz CT molecular complexity index is 945. The molecule has 0 radical (unpaired) electrons. The van der Waals surface area contributed by atoms with E-state index in [1.807, 2.05) is 4.90 Å². The number of fused-ring (bicyclic) bond motifs is 1. The maximum atomic E-state index is 12.8. The van der Waals surface area contributed by atoms with Gasteiger partial charge in [0.1, 0.15) is 15.5 Å². The standard InChI is InChI=1S/C21H30N6O2S/c1-2-3-14-12-15(25-20-16(14)17(22)18(30-20)19(23)28)26-8-10-27(11-9-26)21(29)13-4-6-24-7-5-13/h12-13,24H,2-11,22H2,1H3,(H2,23,28). The smallest absolute Gasteiger partial charge is 0.260 e. The van der Waals surface area contributed by atoms with Crippen molar-refractivity contribution in [1.82, 2.24) is 15.2 Å². The van der Waals surface area contributed by atoms with Gasteiger partial charge in [-0.15, -0.1) is 11.3 Å². The maximum absolute atomic E-state index is 12.8. The largest absolute Gasteiger partial charge is 0.397 e. The molecule has 2 saturated heterocycles. The summed E-state index contributed by atoms with van der Waals surface area (Å²) in [6, 6.07) is 2.09. The van der Waals surface area contributed by atoms with Crippen molar-refractivity contribution in [3.63, 3.8) is 0 Å². The molecule has 0 aromatic carbocycles. The van der Waals surface area contributed by atoms with E-state index in [2.05, 4.69) is 23.2 Å². The molecule has 162 valence electrons. The highest BCUT2D eigenvalue weighted by atomic mass is 32.1. The van der Waals surface area contributed by atoms with Gasteiger partial charge in [0, 0.05) is 37.5 Å². The number of aryl methyl sites for hydroxylation is 1. The van der Waals surface area contributed by atoms with Crippen LogP contribution < -0.4 is 21.7 Å². The van der Waals surface area contributed by atoms with Gasteiger partial charge in [-0.05, 0) is 44.0 Å². The molecule has 0 atom stereocenters. The third kappa shape index (κ3) is 3.96. The molecule has 2 aliphatic rings. The van der Waals surface area contributed by atoms with Gasteiger partial charge in [0.15, 0.2) is 0 Å². The Balaban J connectivity index is 1.53. The number of hydrogen-bond acceptors (Lipinski definition) is 7. The van der Waals surface area contributed by atoms with Crippen LogP contribution >= 0.6 is 11.3 Å². The van der Waals surface area contributed by atoms with E-state index in [1.165, 1.54) is 11.3 Å². The Kier molecular flexibility index (Phi) is 6.10. The number of carbonyl (C=O) groups excluding carboxylic acids is 2. The minimum Gasteiger partial charge on any atom is -0.397 e. The van der Waals surface area contributed by atoms with Gasteiger partial charge in [0.25, 0.3) is 5.91 Å². The predicted molar refractivity (Wildman–Crippen MR) is 121 cm³/mol. The number of primary amides is 1. The number of hydrogen-bond donors (Lipinski definition) is 3. The van der Waals surface area contributed by atoms with Crippen LogP contribution in [0.1, 0.15) is 41.4 Å². The van der Waals surface area contributed by atoms with E-state index in [1.54, 1.807) is 0 Å². The van der Waals surface area contributed by atoms with Gasteiger partial charge in [-0.25, -0.2) is 4.98 Å². The van der Waals surface area contributed by atoms with Crippen LogP contribution in [0.4, 0.5) is 11.5 Å². The van der Waals surface area contributed by atoms with E-state index in [9.17, 15) is 9.59 Å². The second-order valence-electron chi connectivity index (χ2n) is 8.12. The van der Waals surface area contributed by atoms with Gasteiger partial charge < -0.3 is 26.6 Å². The van der Waals surface area contributed by atoms with Gasteiger partial charge in [-0.1, -0.05) is 13.3 Å². The van der Waals surface area contributed by atoms with Gasteiger partial charge in [0.2, 0.25) is 5.91 Å². The quantitative estimate of drug-likeness (QED) is 0.663. The van der Waals surface area contributed by atoms with Crippen LogP contribution in [-0.4, -0.2) is 61.0 Å². The van der Waals surface area contributed by atoms with Crippen molar-refractivity contribution in [2.75, 3.05) is 49.9 Å². The molecular formula is C21H30N6O2S. The Morgan fingerprint density at radius 1 is 1.23 bits per heavy atom. The Morgan fingerprint density at radius 3 is 2.57 bits per heavy atom. The summed E-state index contributed by atoms with van der Waals surface area (Å²) in [4.78, 5) is 34.8. The molecule has 30 heavy (non-hydrogen) atoms. The maximum Gasteiger partial charge on any atom is 0.260 e. The van der Waals surface area contributed by atoms with Gasteiger partial charge >= 0.3 is 0 Å². The van der Waals surface area contributed by atoms with Gasteiger partial charge in [0.05, 0.1) is 5.69 Å². The fourth-order valence-electron chi connectivity index (χ4n) is 4.48. The fraction of sp³-hybridized carbons (Fsp3) is 0.571. The summed E-state index contributed by atoms with van der Waals surface area (Å²) in [7, 11) is 0. The number of carbonyl (C=O) groups is 2. The SMILES string of the molecule is CCCc1cc(N2CCN(C(=O)C3CCNCC3)CC2)nc2sc(C(N)=O)c(N)c12. The number of pyridine rings is 1. The highest BCUT2D eigenvalue weighted by molar-refractivity contribution is 7.21. The number of anilines is 2. The van der Waals surface area contributed by atoms with E-state index in [0.29, 0.717) is 29.6 Å². The van der Waals surface area contributed by atoms with Crippen LogP contribution in [0.3, 0.4) is 0 Å². The molecule has 0 spiro atoms. The van der Waals surface area contributed by atoms with Crippen molar-refractivity contribution in [3.05, 3.63) is 16.5 Å². The molecule has 2 amide bonds. The monoisotopic (exact) mass is 430 g/mol. The van der Waals surface area contributed by atoms with Crippen molar-refractivity contribution in [1.29, 1.82) is 0 Å². The van der Waals surface area contributed by atoms with E-state index in [0.717, 1.165) is 73.5 Å². The van der Waals surface area contributed by atoms with Crippen LogP contribution in [0, 0.1) is 5.92 Å². The zero-order chi connectivity index (χ0) is 21.3. The van der Waals surface area contributed by atoms with Crippen molar-refractivity contribution in [2.24, 2.45) is 11.7 Å². The normalized spacial score (nSPS) is 18.2. The summed E-state index contributed by atoms with van der Waals surface area (Å²) in [6.07, 6.45) is 3.69. The minimum absolute atomic E-state index is 0.157. The van der Waals surface area contributed by atoms with Crippen LogP contribution in [0.15, 0.2) is 6.07 Å². The summed E-state index contributed by atoms with van der Waals surface area (Å²) in [5.41, 5.74) is 13.3. The molecule has 4 rings (SSSR count). The Labute approximate surface area is 180 Å². The molecule has 4 heterocycles. The number of amides is 2. The first kappa shape index (κ1) is 20.9. The predicted octanol–water partition coefficient (Wildman–Crippen LogP) is 1.58. The molecule has 0 saturated carbocycles. The van der Waals surface area contributed by atoms with Gasteiger partial charge in [-0.3, -0.25) is 9.59 Å². The second kappa shape index (κ2) is 8.77. The molecule has 9 heteroatoms. The minimum atomic E-state index is -0.510. The second-order valence-corrected chi connectivity index (χ2v) is 9.11. The number of piperidine rings is 1. The van der Waals surface area contributed by atoms with Crippen molar-refractivity contribution < 1.29 is 9.59 Å². The lowest BCUT2D eigenvalue weighted by Crippen LogP contribution is -2.51. The Hall–Kier alpha value is -2.39. The number of thiophene rings is 1. The zero-order valence-electron chi connectivity index (χ0n) is 17.4. The van der Waals surface area contributed by atoms with Crippen molar-refractivity contribution >= 4 is 44.9 Å². The number of nitrogens with two attached hydrogens (primary N) is 2. The molecule has 2 aliphatic heterocycles. The summed E-state index contributed by atoms with van der Waals surface area (Å²) in [6.45, 7) is 6.91. The van der Waals surface area contributed by atoms with Gasteiger partial charge in [-0.2, -0.15) is 0 Å². The summed E-state index contributed by atoms with van der Waals surface area (Å²) < 4.78 is 0. The number of nitrogens with zero attached hydrogens (tertiary/aromatic N) is 3. The number of nitrogens with one attached hydrogen (secondary N) is 1. The van der Waals surface area contributed by atoms with Crippen molar-refractivity contribution in [2.45, 2.75) is 32.6 Å². The van der Waals surface area contributed by atoms with Crippen LogP contribution in [0.25, 0.3) is 10.2 Å². The Morgan fingerprint density at radius 2 is 1.93 bits per heavy atom. The summed E-state index contributed by atoms with van der Waals surface area (Å²) in [5.74, 6) is 0.829. The first-order chi connectivity index (χ1) is 14.5. The molecule has 5 N–H and O–H groups in total. The third-order valence-corrected chi connectivity index (χ3v) is 7.23. The van der Waals surface area contributed by atoms with Crippen LogP contribution in [0.5, 0.6) is 0 Å². The van der Waals surface area contributed by atoms with E-state index in [4.69, 9.17) is 16.5 Å². The lowest BCUT2D eigenvalue weighted by Gasteiger charge is -2.37. The lowest BCUT2D eigenvalue weighted by molar-refractivity contribution is -0.136. The molecule has 2 aromatic rings. The molecule has 0 aliphatic carbocycles. The molecule has 0 bridgehead atoms. The zero-order valence-corrected chi connectivity index (χ0v) is 18.3. The third-order valence-electron chi connectivity index (χ3n) is 6.11. The topological polar surface area (TPSA) is 118 Å². The molecule has 2 aromatic heterocycles. The lowest BCUT2D eigenvalue weighted by atomic mass is 9.96. The highest BCUT2D eigenvalue weighted by Crippen LogP contribution is 2.37. The molecule has 0 unspecified atom stereocenters. The average molecular weight is 431 g/mol. The average Bonchev–Trinajstić information content (AvgIpc) is 3.11. The molecular weight excluding hydrogens is 400 g/mol. The fourth-order valence-corrected chi connectivity index (χ4v) is 5.47. The molecule has 2 fully saturated rings. The van der Waals surface area contributed by atoms with Crippen LogP contribution in [-0.2, 0) is 11.2 Å². The van der Waals surface area contributed by atoms with E-state index < -0.39 is 5.91 Å². The van der Waals surface area contributed by atoms with E-state index in [-0.39, 0.29) is 5.92 Å². The number of piperazine rings is 1. The number of rotatable bonds is 5. The first-order valence-corrected chi connectivity index (χ1v) is 11.6. The number of nitrogen functional groups attached to an aromatic ring is 1. The van der Waals surface area contributed by atoms with E-state index >= 15 is 0 Å². The highest BCUT2D eigenvalue weighted by Gasteiger charge is 2.29. The molecule has 8 nitrogen and oxygen atoms in total. The van der Waals surface area contributed by atoms with Crippen LogP contribution in [0.2, 0.25) is 0 Å². The summed E-state index contributed by atoms with van der Waals surface area (Å²) in [5, 5.41) is 4.18. The summed E-state index contributed by atoms with van der Waals surface area (Å²) >= 11 is 1.27.